The van der Waals surface area contributed by atoms with E-state index in [2.05, 4.69) is 20.3 Å². The fraction of sp³-hybridized carbons (Fsp3) is 0.500. The monoisotopic (exact) mass is 253 g/mol. The highest BCUT2D eigenvalue weighted by Crippen LogP contribution is 2.15. The lowest BCUT2D eigenvalue weighted by atomic mass is 10.4. The van der Waals surface area contributed by atoms with Gasteiger partial charge < -0.3 is 19.7 Å². The number of hydrogen-bond acceptors (Lipinski definition) is 7. The van der Waals surface area contributed by atoms with Gasteiger partial charge in [-0.25, -0.2) is 0 Å². The fourth-order valence-electron chi connectivity index (χ4n) is 1.32. The molecule has 0 amide bonds. The maximum Gasteiger partial charge on any atom is 0.276 e. The predicted molar refractivity (Wildman–Crippen MR) is 62.7 cm³/mol. The molecule has 8 heteroatoms. The average Bonchev–Trinajstić information content (AvgIpc) is 2.97. The molecule has 18 heavy (non-hydrogen) atoms. The lowest BCUT2D eigenvalue weighted by molar-refractivity contribution is 0.0714. The van der Waals surface area contributed by atoms with Gasteiger partial charge in [0.05, 0.1) is 19.8 Å². The second-order valence-electron chi connectivity index (χ2n) is 3.58. The Labute approximate surface area is 103 Å². The smallest absolute Gasteiger partial charge is 0.276 e. The fourth-order valence-corrected chi connectivity index (χ4v) is 1.32. The normalized spacial score (nSPS) is 10.9. The van der Waals surface area contributed by atoms with E-state index in [0.29, 0.717) is 49.5 Å². The highest BCUT2D eigenvalue weighted by molar-refractivity contribution is 5.51. The molecule has 2 aromatic rings. The molecular formula is C10H15N5O3. The van der Waals surface area contributed by atoms with Crippen LogP contribution in [0, 0.1) is 0 Å². The molecular weight excluding hydrogens is 238 g/mol. The minimum atomic E-state index is 0.367. The quantitative estimate of drug-likeness (QED) is 0.680. The number of rotatable bonds is 7. The van der Waals surface area contributed by atoms with Crippen molar-refractivity contribution in [3.8, 4) is 11.6 Å². The first kappa shape index (κ1) is 12.5. The highest BCUT2D eigenvalue weighted by atomic mass is 16.5. The van der Waals surface area contributed by atoms with Crippen molar-refractivity contribution in [2.45, 2.75) is 6.42 Å². The summed E-state index contributed by atoms with van der Waals surface area (Å²) in [6.07, 6.45) is 0.580. The number of nitrogen functional groups attached to an aromatic ring is 1. The van der Waals surface area contributed by atoms with Crippen LogP contribution in [0.5, 0.6) is 0 Å². The van der Waals surface area contributed by atoms with Gasteiger partial charge in [0.2, 0.25) is 0 Å². The van der Waals surface area contributed by atoms with Gasteiger partial charge in [-0.3, -0.25) is 5.10 Å². The topological polar surface area (TPSA) is 112 Å². The SMILES string of the molecule is COCCOCCc1noc(-c2cc(N)n[nH]2)n1. The minimum absolute atomic E-state index is 0.367. The van der Waals surface area contributed by atoms with Gasteiger partial charge in [-0.05, 0) is 0 Å². The number of ether oxygens (including phenoxy) is 2. The van der Waals surface area contributed by atoms with E-state index in [0.717, 1.165) is 0 Å². The van der Waals surface area contributed by atoms with Crippen molar-refractivity contribution in [1.82, 2.24) is 20.3 Å². The van der Waals surface area contributed by atoms with Crippen molar-refractivity contribution in [1.29, 1.82) is 0 Å². The third-order valence-corrected chi connectivity index (χ3v) is 2.20. The molecule has 0 aliphatic heterocycles. The van der Waals surface area contributed by atoms with Crippen LogP contribution in [0.25, 0.3) is 11.6 Å². The van der Waals surface area contributed by atoms with Crippen LogP contribution < -0.4 is 5.73 Å². The zero-order valence-corrected chi connectivity index (χ0v) is 10.0. The van der Waals surface area contributed by atoms with Crippen LogP contribution >= 0.6 is 0 Å². The number of hydrogen-bond donors (Lipinski definition) is 2. The zero-order chi connectivity index (χ0) is 12.8. The molecule has 0 atom stereocenters. The molecule has 98 valence electrons. The Morgan fingerprint density at radius 2 is 2.28 bits per heavy atom. The highest BCUT2D eigenvalue weighted by Gasteiger charge is 2.10. The van der Waals surface area contributed by atoms with Crippen LogP contribution in [-0.4, -0.2) is 47.3 Å². The molecule has 3 N–H and O–H groups in total. The van der Waals surface area contributed by atoms with Gasteiger partial charge in [-0.2, -0.15) is 10.1 Å². The number of anilines is 1. The summed E-state index contributed by atoms with van der Waals surface area (Å²) in [6.45, 7) is 1.65. The Morgan fingerprint density at radius 1 is 1.39 bits per heavy atom. The van der Waals surface area contributed by atoms with Crippen LogP contribution in [0.3, 0.4) is 0 Å². The largest absolute Gasteiger partial charge is 0.382 e. The number of aromatic amines is 1. The van der Waals surface area contributed by atoms with Crippen LogP contribution in [0.4, 0.5) is 5.82 Å². The molecule has 2 aromatic heterocycles. The average molecular weight is 253 g/mol. The Morgan fingerprint density at radius 3 is 3.00 bits per heavy atom. The molecule has 0 radical (unpaired) electrons. The molecule has 0 spiro atoms. The minimum Gasteiger partial charge on any atom is -0.382 e. The number of nitrogens with two attached hydrogens (primary N) is 1. The third-order valence-electron chi connectivity index (χ3n) is 2.20. The Hall–Kier alpha value is -1.93. The van der Waals surface area contributed by atoms with Gasteiger partial charge in [-0.1, -0.05) is 5.16 Å². The van der Waals surface area contributed by atoms with E-state index < -0.39 is 0 Å². The number of H-pyrrole nitrogens is 1. The van der Waals surface area contributed by atoms with Gasteiger partial charge in [0.15, 0.2) is 5.82 Å². The van der Waals surface area contributed by atoms with E-state index in [1.54, 1.807) is 13.2 Å². The van der Waals surface area contributed by atoms with Crippen LogP contribution in [0.1, 0.15) is 5.82 Å². The van der Waals surface area contributed by atoms with Crippen molar-refractivity contribution >= 4 is 5.82 Å². The summed E-state index contributed by atoms with van der Waals surface area (Å²) in [4.78, 5) is 4.20. The first-order chi connectivity index (χ1) is 8.79. The summed E-state index contributed by atoms with van der Waals surface area (Å²) in [6, 6.07) is 1.63. The summed E-state index contributed by atoms with van der Waals surface area (Å²) in [7, 11) is 1.63. The molecule has 0 saturated heterocycles. The number of aromatic nitrogens is 4. The van der Waals surface area contributed by atoms with E-state index >= 15 is 0 Å². The van der Waals surface area contributed by atoms with E-state index in [4.69, 9.17) is 19.7 Å². The van der Waals surface area contributed by atoms with Crippen molar-refractivity contribution in [3.05, 3.63) is 11.9 Å². The van der Waals surface area contributed by atoms with Gasteiger partial charge in [0.25, 0.3) is 5.89 Å². The molecule has 0 saturated carbocycles. The Balaban J connectivity index is 1.83. The van der Waals surface area contributed by atoms with Crippen LogP contribution in [-0.2, 0) is 15.9 Å². The van der Waals surface area contributed by atoms with Crippen molar-refractivity contribution in [2.75, 3.05) is 32.7 Å². The zero-order valence-electron chi connectivity index (χ0n) is 10.0. The van der Waals surface area contributed by atoms with Crippen molar-refractivity contribution in [3.63, 3.8) is 0 Å². The maximum absolute atomic E-state index is 5.49. The Kier molecular flexibility index (Phi) is 4.26. The molecule has 0 aromatic carbocycles. The van der Waals surface area contributed by atoms with Crippen molar-refractivity contribution < 1.29 is 14.0 Å². The van der Waals surface area contributed by atoms with Gasteiger partial charge in [0.1, 0.15) is 11.5 Å². The van der Waals surface area contributed by atoms with Crippen molar-refractivity contribution in [2.24, 2.45) is 0 Å². The van der Waals surface area contributed by atoms with Gasteiger partial charge in [-0.15, -0.1) is 0 Å². The number of nitrogens with zero attached hydrogens (tertiary/aromatic N) is 3. The second-order valence-corrected chi connectivity index (χ2v) is 3.58. The standard InChI is InChI=1S/C10H15N5O3/c1-16-4-5-17-3-2-9-12-10(18-15-9)7-6-8(11)14-13-7/h6H,2-5H2,1H3,(H3,11,13,14). The summed E-state index contributed by atoms with van der Waals surface area (Å²) in [5, 5.41) is 10.3. The summed E-state index contributed by atoms with van der Waals surface area (Å²) in [5.74, 6) is 1.33. The molecule has 0 aliphatic rings. The summed E-state index contributed by atoms with van der Waals surface area (Å²) in [5.41, 5.74) is 6.09. The van der Waals surface area contributed by atoms with E-state index in [-0.39, 0.29) is 0 Å². The molecule has 0 bridgehead atoms. The van der Waals surface area contributed by atoms with Crippen LogP contribution in [0.15, 0.2) is 10.6 Å². The molecule has 0 aliphatic carbocycles. The molecule has 8 nitrogen and oxygen atoms in total. The van der Waals surface area contributed by atoms with Crippen LogP contribution in [0.2, 0.25) is 0 Å². The summed E-state index contributed by atoms with van der Waals surface area (Å²) >= 11 is 0. The molecule has 2 heterocycles. The first-order valence-corrected chi connectivity index (χ1v) is 5.50. The number of methoxy groups -OCH3 is 1. The maximum atomic E-state index is 5.49. The second kappa shape index (κ2) is 6.12. The molecule has 0 unspecified atom stereocenters. The third kappa shape index (κ3) is 3.28. The van der Waals surface area contributed by atoms with Gasteiger partial charge >= 0.3 is 0 Å². The van der Waals surface area contributed by atoms with E-state index in [1.807, 2.05) is 0 Å². The number of nitrogens with one attached hydrogen (secondary N) is 1. The van der Waals surface area contributed by atoms with E-state index in [1.165, 1.54) is 0 Å². The Bertz CT molecular complexity index is 481. The summed E-state index contributed by atoms with van der Waals surface area (Å²) < 4.78 is 15.2. The van der Waals surface area contributed by atoms with E-state index in [9.17, 15) is 0 Å². The molecule has 2 rings (SSSR count). The molecule has 0 fully saturated rings. The lowest BCUT2D eigenvalue weighted by Crippen LogP contribution is -2.05. The lowest BCUT2D eigenvalue weighted by Gasteiger charge is -1.99. The van der Waals surface area contributed by atoms with Gasteiger partial charge in [0, 0.05) is 19.6 Å². The first-order valence-electron chi connectivity index (χ1n) is 5.50. The predicted octanol–water partition coefficient (Wildman–Crippen LogP) is 0.247.